The first kappa shape index (κ1) is 16.1. The molecule has 5 aliphatic carbocycles. The van der Waals surface area contributed by atoms with Crippen molar-refractivity contribution in [2.24, 2.45) is 34.5 Å². The zero-order valence-corrected chi connectivity index (χ0v) is 15.2. The summed E-state index contributed by atoms with van der Waals surface area (Å²) in [6.45, 7) is 2.01. The molecule has 6 rings (SSSR count). The molecule has 3 nitrogen and oxygen atoms in total. The second-order valence-electron chi connectivity index (χ2n) is 9.47. The van der Waals surface area contributed by atoms with Gasteiger partial charge in [0.05, 0.1) is 18.1 Å². The van der Waals surface area contributed by atoms with Crippen LogP contribution in [0, 0.1) is 64.1 Å². The number of nitrogens with zero attached hydrogens (tertiary/aromatic N) is 2. The summed E-state index contributed by atoms with van der Waals surface area (Å²) in [7, 11) is 0. The first-order chi connectivity index (χ1) is 12.5. The molecule has 2 atom stereocenters. The van der Waals surface area contributed by atoms with Gasteiger partial charge in [0.15, 0.2) is 5.41 Å². The second-order valence-corrected chi connectivity index (χ2v) is 9.47. The van der Waals surface area contributed by atoms with E-state index in [1.807, 2.05) is 31.2 Å². The highest BCUT2D eigenvalue weighted by Crippen LogP contribution is 2.70. The van der Waals surface area contributed by atoms with Gasteiger partial charge in [-0.25, -0.2) is 0 Å². The quantitative estimate of drug-likeness (QED) is 0.809. The van der Waals surface area contributed by atoms with E-state index < -0.39 is 11.3 Å². The Morgan fingerprint density at radius 1 is 1.00 bits per heavy atom. The average Bonchev–Trinajstić information content (AvgIpc) is 3.29. The van der Waals surface area contributed by atoms with E-state index in [4.69, 9.17) is 0 Å². The molecule has 3 heteroatoms. The normalized spacial score (nSPS) is 41.3. The lowest BCUT2D eigenvalue weighted by atomic mass is 9.48. The number of ketones is 1. The van der Waals surface area contributed by atoms with Gasteiger partial charge in [-0.3, -0.25) is 4.79 Å². The van der Waals surface area contributed by atoms with E-state index in [0.29, 0.717) is 17.8 Å². The fourth-order valence-corrected chi connectivity index (χ4v) is 7.15. The molecule has 5 fully saturated rings. The molecule has 0 aliphatic heterocycles. The van der Waals surface area contributed by atoms with Gasteiger partial charge in [0, 0.05) is 11.3 Å². The van der Waals surface area contributed by atoms with Gasteiger partial charge in [-0.05, 0) is 74.3 Å². The van der Waals surface area contributed by atoms with Gasteiger partial charge in [-0.15, -0.1) is 0 Å². The van der Waals surface area contributed by atoms with E-state index >= 15 is 0 Å². The molecule has 26 heavy (non-hydrogen) atoms. The van der Waals surface area contributed by atoms with Crippen molar-refractivity contribution in [2.75, 3.05) is 0 Å². The van der Waals surface area contributed by atoms with Crippen molar-refractivity contribution in [3.8, 4) is 12.1 Å². The Hall–Kier alpha value is -2.13. The number of Topliss-reactive ketones (excluding diaryl/α,β-unsaturated/α-hetero) is 1. The molecular weight excluding hydrogens is 320 g/mol. The number of carbonyl (C=O) groups is 1. The molecular formula is C23H24N2O. The molecule has 132 valence electrons. The maximum Gasteiger partial charge on any atom is 0.161 e. The van der Waals surface area contributed by atoms with Crippen LogP contribution in [-0.4, -0.2) is 5.78 Å². The van der Waals surface area contributed by atoms with Crippen LogP contribution >= 0.6 is 0 Å². The molecule has 0 aromatic heterocycles. The minimum absolute atomic E-state index is 0.240. The summed E-state index contributed by atoms with van der Waals surface area (Å²) < 4.78 is 0. The van der Waals surface area contributed by atoms with Crippen molar-refractivity contribution in [1.29, 1.82) is 10.5 Å². The Morgan fingerprint density at radius 3 is 2.04 bits per heavy atom. The van der Waals surface area contributed by atoms with Crippen LogP contribution in [0.5, 0.6) is 0 Å². The number of carbonyl (C=O) groups excluding carboxylic acids is 1. The van der Waals surface area contributed by atoms with Gasteiger partial charge >= 0.3 is 0 Å². The van der Waals surface area contributed by atoms with E-state index in [2.05, 4.69) is 12.1 Å². The van der Waals surface area contributed by atoms with Crippen molar-refractivity contribution in [3.63, 3.8) is 0 Å². The van der Waals surface area contributed by atoms with E-state index in [0.717, 1.165) is 30.4 Å². The largest absolute Gasteiger partial charge is 0.299 e. The lowest BCUT2D eigenvalue weighted by Gasteiger charge is -2.56. The Labute approximate surface area is 155 Å². The molecule has 1 aromatic rings. The topological polar surface area (TPSA) is 64.7 Å². The van der Waals surface area contributed by atoms with Crippen LogP contribution in [0.25, 0.3) is 0 Å². The van der Waals surface area contributed by atoms with Gasteiger partial charge in [-0.1, -0.05) is 24.3 Å². The van der Waals surface area contributed by atoms with Crippen LogP contribution in [0.4, 0.5) is 0 Å². The third kappa shape index (κ3) is 1.95. The van der Waals surface area contributed by atoms with Crippen LogP contribution in [0.2, 0.25) is 0 Å². The van der Waals surface area contributed by atoms with Crippen LogP contribution < -0.4 is 0 Å². The van der Waals surface area contributed by atoms with Crippen molar-refractivity contribution in [2.45, 2.75) is 51.4 Å². The first-order valence-corrected chi connectivity index (χ1v) is 9.95. The number of aryl methyl sites for hydroxylation is 1. The summed E-state index contributed by atoms with van der Waals surface area (Å²) in [5.41, 5.74) is 0.689. The first-order valence-electron chi connectivity index (χ1n) is 9.95. The number of hydrogen-bond acceptors (Lipinski definition) is 3. The fourth-order valence-electron chi connectivity index (χ4n) is 7.15. The van der Waals surface area contributed by atoms with Gasteiger partial charge in [0.25, 0.3) is 0 Å². The lowest BCUT2D eigenvalue weighted by Crippen LogP contribution is -2.50. The van der Waals surface area contributed by atoms with Crippen LogP contribution in [0.15, 0.2) is 24.3 Å². The summed E-state index contributed by atoms with van der Waals surface area (Å²) in [6.07, 6.45) is 6.88. The summed E-state index contributed by atoms with van der Waals surface area (Å²) in [5, 5.41) is 19.7. The van der Waals surface area contributed by atoms with Gasteiger partial charge in [-0.2, -0.15) is 10.5 Å². The van der Waals surface area contributed by atoms with E-state index in [-0.39, 0.29) is 17.1 Å². The molecule has 5 aliphatic rings. The summed E-state index contributed by atoms with van der Waals surface area (Å²) in [6, 6.07) is 12.4. The fraction of sp³-hybridized carbons (Fsp3) is 0.609. The minimum Gasteiger partial charge on any atom is -0.299 e. The van der Waals surface area contributed by atoms with Crippen LogP contribution in [0.3, 0.4) is 0 Å². The maximum atomic E-state index is 13.8. The Kier molecular flexibility index (Phi) is 3.21. The Morgan fingerprint density at radius 2 is 1.54 bits per heavy atom. The highest BCUT2D eigenvalue weighted by Gasteiger charge is 2.73. The van der Waals surface area contributed by atoms with Gasteiger partial charge < -0.3 is 0 Å². The van der Waals surface area contributed by atoms with Crippen molar-refractivity contribution >= 4 is 5.78 Å². The molecule has 0 N–H and O–H groups in total. The van der Waals surface area contributed by atoms with E-state index in [9.17, 15) is 15.3 Å². The van der Waals surface area contributed by atoms with E-state index in [1.165, 1.54) is 19.3 Å². The third-order valence-electron chi connectivity index (χ3n) is 7.94. The average molecular weight is 344 g/mol. The number of rotatable bonds is 3. The minimum atomic E-state index is -1.16. The van der Waals surface area contributed by atoms with Crippen LogP contribution in [-0.2, 0) is 4.79 Å². The highest BCUT2D eigenvalue weighted by atomic mass is 16.1. The van der Waals surface area contributed by atoms with E-state index in [1.54, 1.807) is 0 Å². The molecule has 0 radical (unpaired) electrons. The molecule has 5 saturated carbocycles. The summed E-state index contributed by atoms with van der Waals surface area (Å²) >= 11 is 0. The maximum absolute atomic E-state index is 13.8. The lowest BCUT2D eigenvalue weighted by molar-refractivity contribution is -0.145. The molecule has 0 spiro atoms. The van der Waals surface area contributed by atoms with Crippen molar-refractivity contribution in [1.82, 2.24) is 0 Å². The smallest absolute Gasteiger partial charge is 0.161 e. The standard InChI is InChI=1S/C23H24N2O/c1-14-4-2-3-5-18(14)19-20(23(19,12-24)13-25)21(26)22-9-15-6-16(10-22)8-17(7-15)11-22/h2-5,15-17,19-20H,6-11H2,1H3/t15?,16?,17?,19-,20+,22?/m1/s1. The zero-order valence-electron chi connectivity index (χ0n) is 15.2. The summed E-state index contributed by atoms with van der Waals surface area (Å²) in [5.74, 6) is 1.64. The second kappa shape index (κ2) is 5.20. The SMILES string of the molecule is Cc1ccccc1[C@@H]1[C@@H](C(=O)C23CC4CC(CC(C4)C2)C3)C1(C#N)C#N. The van der Waals surface area contributed by atoms with Gasteiger partial charge in [0.1, 0.15) is 5.78 Å². The molecule has 1 aromatic carbocycles. The number of nitriles is 2. The van der Waals surface area contributed by atoms with Crippen molar-refractivity contribution < 1.29 is 4.79 Å². The Balaban J connectivity index is 1.53. The molecule has 0 amide bonds. The van der Waals surface area contributed by atoms with Crippen molar-refractivity contribution in [3.05, 3.63) is 35.4 Å². The predicted molar refractivity (Wildman–Crippen MR) is 96.7 cm³/mol. The number of hydrogen-bond donors (Lipinski definition) is 0. The monoisotopic (exact) mass is 344 g/mol. The summed E-state index contributed by atoms with van der Waals surface area (Å²) in [4.78, 5) is 13.8. The molecule has 0 unspecified atom stereocenters. The molecule has 0 saturated heterocycles. The third-order valence-corrected chi connectivity index (χ3v) is 7.94. The van der Waals surface area contributed by atoms with Gasteiger partial charge in [0.2, 0.25) is 0 Å². The Bertz CT molecular complexity index is 822. The van der Waals surface area contributed by atoms with Crippen LogP contribution in [0.1, 0.15) is 55.6 Å². The predicted octanol–water partition coefficient (Wildman–Crippen LogP) is 4.53. The molecule has 0 heterocycles. The highest BCUT2D eigenvalue weighted by molar-refractivity contribution is 5.94. The number of benzene rings is 1. The zero-order chi connectivity index (χ0) is 18.1. The molecule has 4 bridgehead atoms.